The Morgan fingerprint density at radius 1 is 1.00 bits per heavy atom. The summed E-state index contributed by atoms with van der Waals surface area (Å²) < 4.78 is 14.2. The van der Waals surface area contributed by atoms with Crippen LogP contribution >= 0.6 is 0 Å². The standard InChI is InChI=1S/C25H25FN4O2/c26-22-10-3-2-9-20(22)17-11-12-23(21(16-17)24(27)29-32)28-25(31)18-7-6-8-19(15-18)30-13-4-1-5-14-30/h2-3,6-12,15-16,32H,1,4-5,13-14H2,(H2,27,29)(H,28,31). The van der Waals surface area contributed by atoms with Crippen LogP contribution in [0.4, 0.5) is 15.8 Å². The van der Waals surface area contributed by atoms with E-state index in [1.807, 2.05) is 18.2 Å². The number of halogens is 1. The van der Waals surface area contributed by atoms with Crippen molar-refractivity contribution in [2.45, 2.75) is 19.3 Å². The number of carbonyl (C=O) groups excluding carboxylic acids is 1. The number of amides is 1. The Hall–Kier alpha value is -3.87. The number of amidine groups is 1. The molecule has 0 saturated carbocycles. The van der Waals surface area contributed by atoms with Gasteiger partial charge in [0.2, 0.25) is 0 Å². The molecule has 3 aromatic rings. The van der Waals surface area contributed by atoms with Crippen LogP contribution in [-0.2, 0) is 0 Å². The molecule has 0 atom stereocenters. The van der Waals surface area contributed by atoms with Crippen LogP contribution in [0.25, 0.3) is 11.1 Å². The van der Waals surface area contributed by atoms with E-state index in [0.29, 0.717) is 27.9 Å². The van der Waals surface area contributed by atoms with Crippen LogP contribution in [0.15, 0.2) is 71.9 Å². The summed E-state index contributed by atoms with van der Waals surface area (Å²) in [5, 5.41) is 15.1. The molecule has 7 heteroatoms. The number of rotatable bonds is 5. The minimum atomic E-state index is -0.385. The molecule has 0 aromatic heterocycles. The Bertz CT molecular complexity index is 1160. The van der Waals surface area contributed by atoms with Crippen LogP contribution in [0.1, 0.15) is 35.2 Å². The van der Waals surface area contributed by atoms with Gasteiger partial charge in [0.15, 0.2) is 5.84 Å². The number of nitrogens with zero attached hydrogens (tertiary/aromatic N) is 2. The smallest absolute Gasteiger partial charge is 0.255 e. The molecule has 1 amide bonds. The van der Waals surface area contributed by atoms with Gasteiger partial charge in [0.1, 0.15) is 5.82 Å². The SMILES string of the molecule is N/C(=N\O)c1cc(-c2ccccc2F)ccc1NC(=O)c1cccc(N2CCCCC2)c1. The molecule has 164 valence electrons. The number of hydrogen-bond donors (Lipinski definition) is 3. The first-order valence-electron chi connectivity index (χ1n) is 10.6. The van der Waals surface area contributed by atoms with Crippen LogP contribution < -0.4 is 16.0 Å². The van der Waals surface area contributed by atoms with E-state index in [0.717, 1.165) is 31.6 Å². The van der Waals surface area contributed by atoms with Crippen molar-refractivity contribution in [3.8, 4) is 11.1 Å². The summed E-state index contributed by atoms with van der Waals surface area (Å²) in [5.41, 5.74) is 8.99. The summed E-state index contributed by atoms with van der Waals surface area (Å²) in [6.45, 7) is 1.96. The van der Waals surface area contributed by atoms with E-state index in [9.17, 15) is 14.4 Å². The molecule has 0 unspecified atom stereocenters. The summed E-state index contributed by atoms with van der Waals surface area (Å²) >= 11 is 0. The van der Waals surface area contributed by atoms with Crippen molar-refractivity contribution in [1.29, 1.82) is 0 Å². The van der Waals surface area contributed by atoms with E-state index in [1.54, 1.807) is 42.5 Å². The third-order valence-electron chi connectivity index (χ3n) is 5.67. The summed E-state index contributed by atoms with van der Waals surface area (Å²) in [6, 6.07) is 18.7. The van der Waals surface area contributed by atoms with Crippen molar-refractivity contribution in [2.24, 2.45) is 10.9 Å². The highest BCUT2D eigenvalue weighted by Gasteiger charge is 2.16. The molecule has 1 saturated heterocycles. The molecule has 3 aromatic carbocycles. The van der Waals surface area contributed by atoms with Gasteiger partial charge in [-0.3, -0.25) is 4.79 Å². The first kappa shape index (κ1) is 21.4. The lowest BCUT2D eigenvalue weighted by atomic mass is 10.0. The molecule has 4 rings (SSSR count). The van der Waals surface area contributed by atoms with E-state index in [4.69, 9.17) is 5.73 Å². The van der Waals surface area contributed by atoms with Gasteiger partial charge in [0.25, 0.3) is 5.91 Å². The second kappa shape index (κ2) is 9.51. The molecule has 32 heavy (non-hydrogen) atoms. The lowest BCUT2D eigenvalue weighted by Gasteiger charge is -2.29. The summed E-state index contributed by atoms with van der Waals surface area (Å²) in [4.78, 5) is 15.3. The Balaban J connectivity index is 1.62. The van der Waals surface area contributed by atoms with Gasteiger partial charge >= 0.3 is 0 Å². The lowest BCUT2D eigenvalue weighted by molar-refractivity contribution is 0.102. The van der Waals surface area contributed by atoms with Crippen LogP contribution in [0, 0.1) is 5.82 Å². The molecule has 4 N–H and O–H groups in total. The lowest BCUT2D eigenvalue weighted by Crippen LogP contribution is -2.29. The predicted molar refractivity (Wildman–Crippen MR) is 125 cm³/mol. The minimum absolute atomic E-state index is 0.180. The van der Waals surface area contributed by atoms with Gasteiger partial charge in [0.05, 0.1) is 5.69 Å². The highest BCUT2D eigenvalue weighted by molar-refractivity contribution is 6.10. The first-order chi connectivity index (χ1) is 15.6. The van der Waals surface area contributed by atoms with Crippen molar-refractivity contribution in [3.05, 3.63) is 83.7 Å². The fourth-order valence-corrected chi connectivity index (χ4v) is 3.97. The molecule has 1 heterocycles. The maximum absolute atomic E-state index is 14.2. The second-order valence-corrected chi connectivity index (χ2v) is 7.78. The van der Waals surface area contributed by atoms with Gasteiger partial charge in [-0.1, -0.05) is 35.5 Å². The van der Waals surface area contributed by atoms with Gasteiger partial charge in [-0.2, -0.15) is 0 Å². The fraction of sp³-hybridized carbons (Fsp3) is 0.200. The number of hydrogen-bond acceptors (Lipinski definition) is 4. The Morgan fingerprint density at radius 2 is 1.78 bits per heavy atom. The Kier molecular flexibility index (Phi) is 6.35. The number of benzene rings is 3. The molecule has 1 aliphatic heterocycles. The van der Waals surface area contributed by atoms with E-state index in [1.165, 1.54) is 12.5 Å². The zero-order chi connectivity index (χ0) is 22.5. The molecule has 1 aliphatic rings. The third kappa shape index (κ3) is 4.56. The molecule has 1 fully saturated rings. The monoisotopic (exact) mass is 432 g/mol. The Labute approximate surface area is 186 Å². The maximum atomic E-state index is 14.2. The normalized spacial score (nSPS) is 14.3. The number of carbonyl (C=O) groups is 1. The molecule has 0 spiro atoms. The summed E-state index contributed by atoms with van der Waals surface area (Å²) in [5.74, 6) is -0.876. The topological polar surface area (TPSA) is 91.0 Å². The average molecular weight is 432 g/mol. The van der Waals surface area contributed by atoms with Crippen molar-refractivity contribution < 1.29 is 14.4 Å². The van der Waals surface area contributed by atoms with E-state index in [2.05, 4.69) is 15.4 Å². The number of piperidine rings is 1. The average Bonchev–Trinajstić information content (AvgIpc) is 2.85. The molecule has 0 bridgehead atoms. The van der Waals surface area contributed by atoms with Crippen molar-refractivity contribution >= 4 is 23.1 Å². The largest absolute Gasteiger partial charge is 0.409 e. The zero-order valence-corrected chi connectivity index (χ0v) is 17.6. The number of anilines is 2. The zero-order valence-electron chi connectivity index (χ0n) is 17.6. The van der Waals surface area contributed by atoms with E-state index < -0.39 is 0 Å². The highest BCUT2D eigenvalue weighted by atomic mass is 19.1. The first-order valence-corrected chi connectivity index (χ1v) is 10.6. The number of nitrogens with two attached hydrogens (primary N) is 1. The molecular weight excluding hydrogens is 407 g/mol. The maximum Gasteiger partial charge on any atom is 0.255 e. The third-order valence-corrected chi connectivity index (χ3v) is 5.67. The van der Waals surface area contributed by atoms with Crippen LogP contribution in [0.2, 0.25) is 0 Å². The number of nitrogens with one attached hydrogen (secondary N) is 1. The minimum Gasteiger partial charge on any atom is -0.409 e. The van der Waals surface area contributed by atoms with Crippen LogP contribution in [-0.4, -0.2) is 30.0 Å². The van der Waals surface area contributed by atoms with Gasteiger partial charge in [-0.15, -0.1) is 0 Å². The van der Waals surface area contributed by atoms with Crippen LogP contribution in [0.5, 0.6) is 0 Å². The highest BCUT2D eigenvalue weighted by Crippen LogP contribution is 2.28. The van der Waals surface area contributed by atoms with Gasteiger partial charge in [-0.05, 0) is 61.2 Å². The van der Waals surface area contributed by atoms with Gasteiger partial charge in [0, 0.05) is 35.5 Å². The quantitative estimate of drug-likeness (QED) is 0.233. The van der Waals surface area contributed by atoms with Crippen molar-refractivity contribution in [3.63, 3.8) is 0 Å². The van der Waals surface area contributed by atoms with Gasteiger partial charge in [-0.25, -0.2) is 4.39 Å². The van der Waals surface area contributed by atoms with E-state index >= 15 is 0 Å². The molecule has 0 aliphatic carbocycles. The predicted octanol–water partition coefficient (Wildman–Crippen LogP) is 4.83. The Morgan fingerprint density at radius 3 is 2.53 bits per heavy atom. The summed E-state index contributed by atoms with van der Waals surface area (Å²) in [6.07, 6.45) is 3.53. The number of oxime groups is 1. The molecular formula is C25H25FN4O2. The van der Waals surface area contributed by atoms with Crippen LogP contribution in [0.3, 0.4) is 0 Å². The molecule has 0 radical (unpaired) electrons. The van der Waals surface area contributed by atoms with Crippen molar-refractivity contribution in [1.82, 2.24) is 0 Å². The fourth-order valence-electron chi connectivity index (χ4n) is 3.97. The van der Waals surface area contributed by atoms with E-state index in [-0.39, 0.29) is 17.6 Å². The summed E-state index contributed by atoms with van der Waals surface area (Å²) in [7, 11) is 0. The molecule has 6 nitrogen and oxygen atoms in total. The van der Waals surface area contributed by atoms with Crippen molar-refractivity contribution in [2.75, 3.05) is 23.3 Å². The van der Waals surface area contributed by atoms with Gasteiger partial charge < -0.3 is 21.2 Å². The second-order valence-electron chi connectivity index (χ2n) is 7.78.